The molecule has 26 heavy (non-hydrogen) atoms. The van der Waals surface area contributed by atoms with Gasteiger partial charge in [0.15, 0.2) is 0 Å². The van der Waals surface area contributed by atoms with Crippen molar-refractivity contribution in [1.82, 2.24) is 4.98 Å². The third-order valence-corrected chi connectivity index (χ3v) is 4.90. The van der Waals surface area contributed by atoms with E-state index in [-0.39, 0.29) is 5.91 Å². The molecule has 3 aromatic rings. The molecule has 4 nitrogen and oxygen atoms in total. The van der Waals surface area contributed by atoms with Gasteiger partial charge >= 0.3 is 0 Å². The van der Waals surface area contributed by atoms with Gasteiger partial charge in [-0.15, -0.1) is 0 Å². The van der Waals surface area contributed by atoms with E-state index in [1.54, 1.807) is 0 Å². The number of hydrogen-bond acceptors (Lipinski definition) is 3. The molecule has 2 aromatic carbocycles. The molecule has 4 rings (SSSR count). The van der Waals surface area contributed by atoms with Gasteiger partial charge in [0.1, 0.15) is 5.82 Å². The molecule has 132 valence electrons. The number of para-hydroxylation sites is 1. The summed E-state index contributed by atoms with van der Waals surface area (Å²) in [5.41, 5.74) is 3.48. The van der Waals surface area contributed by atoms with Gasteiger partial charge in [-0.25, -0.2) is 4.98 Å². The number of carbonyl (C=O) groups excluding carboxylic acids is 1. The van der Waals surface area contributed by atoms with E-state index < -0.39 is 0 Å². The molecule has 1 saturated heterocycles. The van der Waals surface area contributed by atoms with Gasteiger partial charge in [0.05, 0.1) is 11.1 Å². The first-order chi connectivity index (χ1) is 12.7. The van der Waals surface area contributed by atoms with Crippen LogP contribution < -0.4 is 10.2 Å². The lowest BCUT2D eigenvalue weighted by atomic mass is 10.1. The molecule has 1 aliphatic heterocycles. The van der Waals surface area contributed by atoms with E-state index >= 15 is 0 Å². The third kappa shape index (κ3) is 3.40. The Bertz CT molecular complexity index is 945. The zero-order valence-corrected chi connectivity index (χ0v) is 15.0. The maximum absolute atomic E-state index is 13.0. The Morgan fingerprint density at radius 1 is 1.00 bits per heavy atom. The van der Waals surface area contributed by atoms with Crippen molar-refractivity contribution < 1.29 is 4.79 Å². The number of fused-ring (bicyclic) bond motifs is 1. The lowest BCUT2D eigenvalue weighted by molar-refractivity contribution is 0.102. The highest BCUT2D eigenvalue weighted by atomic mass is 16.1. The molecule has 0 radical (unpaired) electrons. The normalized spacial score (nSPS) is 14.4. The van der Waals surface area contributed by atoms with Gasteiger partial charge in [-0.05, 0) is 56.0 Å². The number of pyridine rings is 1. The number of benzene rings is 2. The predicted octanol–water partition coefficient (Wildman–Crippen LogP) is 4.79. The molecular weight excluding hydrogens is 322 g/mol. The molecule has 0 atom stereocenters. The summed E-state index contributed by atoms with van der Waals surface area (Å²) >= 11 is 0. The van der Waals surface area contributed by atoms with Crippen molar-refractivity contribution in [3.05, 3.63) is 65.7 Å². The molecule has 0 aliphatic carbocycles. The topological polar surface area (TPSA) is 45.2 Å². The largest absolute Gasteiger partial charge is 0.357 e. The summed E-state index contributed by atoms with van der Waals surface area (Å²) in [4.78, 5) is 20.1. The fourth-order valence-corrected chi connectivity index (χ4v) is 3.56. The fourth-order valence-electron chi connectivity index (χ4n) is 3.56. The van der Waals surface area contributed by atoms with E-state index in [9.17, 15) is 4.79 Å². The molecule has 1 aromatic heterocycles. The maximum atomic E-state index is 13.0. The Morgan fingerprint density at radius 3 is 2.62 bits per heavy atom. The van der Waals surface area contributed by atoms with Gasteiger partial charge in [0, 0.05) is 24.2 Å². The molecule has 0 unspecified atom stereocenters. The number of nitrogens with one attached hydrogen (secondary N) is 1. The average molecular weight is 345 g/mol. The molecular formula is C22H23N3O. The van der Waals surface area contributed by atoms with Crippen molar-refractivity contribution in [2.24, 2.45) is 0 Å². The highest BCUT2D eigenvalue weighted by Gasteiger charge is 2.18. The Balaban J connectivity index is 1.73. The van der Waals surface area contributed by atoms with E-state index in [0.717, 1.165) is 41.1 Å². The summed E-state index contributed by atoms with van der Waals surface area (Å²) in [5.74, 6) is 0.810. The van der Waals surface area contributed by atoms with Crippen molar-refractivity contribution >= 4 is 28.3 Å². The van der Waals surface area contributed by atoms with E-state index in [4.69, 9.17) is 4.98 Å². The number of amides is 1. The number of carbonyl (C=O) groups is 1. The smallest absolute Gasteiger partial charge is 0.256 e. The summed E-state index contributed by atoms with van der Waals surface area (Å²) < 4.78 is 0. The van der Waals surface area contributed by atoms with Crippen molar-refractivity contribution in [2.75, 3.05) is 23.3 Å². The number of nitrogens with zero attached hydrogens (tertiary/aromatic N) is 2. The quantitative estimate of drug-likeness (QED) is 0.742. The monoisotopic (exact) mass is 345 g/mol. The zero-order valence-electron chi connectivity index (χ0n) is 15.0. The van der Waals surface area contributed by atoms with Crippen LogP contribution in [0.4, 0.5) is 11.5 Å². The Kier molecular flexibility index (Phi) is 4.57. The van der Waals surface area contributed by atoms with Gasteiger partial charge < -0.3 is 10.2 Å². The average Bonchev–Trinajstić information content (AvgIpc) is 2.68. The molecule has 1 fully saturated rings. The first-order valence-electron chi connectivity index (χ1n) is 9.23. The van der Waals surface area contributed by atoms with Crippen LogP contribution in [0.2, 0.25) is 0 Å². The lowest BCUT2D eigenvalue weighted by Crippen LogP contribution is -2.30. The SMILES string of the molecule is Cc1cccc(NC(=O)c2cc(N3CCCCC3)nc3ccccc23)c1. The van der Waals surface area contributed by atoms with E-state index in [0.29, 0.717) is 5.56 Å². The summed E-state index contributed by atoms with van der Waals surface area (Å²) in [6, 6.07) is 17.7. The van der Waals surface area contributed by atoms with Crippen LogP contribution in [-0.2, 0) is 0 Å². The van der Waals surface area contributed by atoms with Crippen LogP contribution in [0.5, 0.6) is 0 Å². The second-order valence-corrected chi connectivity index (χ2v) is 6.92. The first kappa shape index (κ1) is 16.6. The summed E-state index contributed by atoms with van der Waals surface area (Å²) in [7, 11) is 0. The number of hydrogen-bond donors (Lipinski definition) is 1. The number of anilines is 2. The molecule has 0 spiro atoms. The number of aromatic nitrogens is 1. The standard InChI is InChI=1S/C22H23N3O/c1-16-8-7-9-17(14-16)23-22(26)19-15-21(25-12-5-2-6-13-25)24-20-11-4-3-10-18(19)20/h3-4,7-11,14-15H,2,5-6,12-13H2,1H3,(H,23,26). The van der Waals surface area contributed by atoms with E-state index in [1.165, 1.54) is 19.3 Å². The van der Waals surface area contributed by atoms with E-state index in [1.807, 2.05) is 61.5 Å². The van der Waals surface area contributed by atoms with Crippen LogP contribution in [0.1, 0.15) is 35.2 Å². The minimum Gasteiger partial charge on any atom is -0.357 e. The molecule has 0 saturated carbocycles. The van der Waals surface area contributed by atoms with Crippen molar-refractivity contribution in [3.8, 4) is 0 Å². The van der Waals surface area contributed by atoms with E-state index in [2.05, 4.69) is 10.2 Å². The van der Waals surface area contributed by atoms with Crippen LogP contribution in [-0.4, -0.2) is 24.0 Å². The molecule has 1 N–H and O–H groups in total. The van der Waals surface area contributed by atoms with Crippen LogP contribution in [0, 0.1) is 6.92 Å². The van der Waals surface area contributed by atoms with Gasteiger partial charge in [-0.3, -0.25) is 4.79 Å². The van der Waals surface area contributed by atoms with Gasteiger partial charge in [0.2, 0.25) is 0 Å². The summed E-state index contributed by atoms with van der Waals surface area (Å²) in [6.07, 6.45) is 3.63. The summed E-state index contributed by atoms with van der Waals surface area (Å²) in [6.45, 7) is 4.03. The number of aryl methyl sites for hydroxylation is 1. The minimum absolute atomic E-state index is 0.0903. The third-order valence-electron chi connectivity index (χ3n) is 4.90. The Labute approximate surface area is 153 Å². The molecule has 1 amide bonds. The molecule has 2 heterocycles. The minimum atomic E-state index is -0.0903. The van der Waals surface area contributed by atoms with Crippen molar-refractivity contribution in [3.63, 3.8) is 0 Å². The molecule has 4 heteroatoms. The molecule has 1 aliphatic rings. The predicted molar refractivity (Wildman–Crippen MR) is 107 cm³/mol. The van der Waals surface area contributed by atoms with Crippen molar-refractivity contribution in [2.45, 2.75) is 26.2 Å². The van der Waals surface area contributed by atoms with Crippen LogP contribution >= 0.6 is 0 Å². The van der Waals surface area contributed by atoms with Gasteiger partial charge in [-0.2, -0.15) is 0 Å². The van der Waals surface area contributed by atoms with Gasteiger partial charge in [-0.1, -0.05) is 30.3 Å². The van der Waals surface area contributed by atoms with Crippen molar-refractivity contribution in [1.29, 1.82) is 0 Å². The van der Waals surface area contributed by atoms with Crippen LogP contribution in [0.3, 0.4) is 0 Å². The zero-order chi connectivity index (χ0) is 17.9. The van der Waals surface area contributed by atoms with Crippen LogP contribution in [0.15, 0.2) is 54.6 Å². The van der Waals surface area contributed by atoms with Gasteiger partial charge in [0.25, 0.3) is 5.91 Å². The second-order valence-electron chi connectivity index (χ2n) is 6.92. The maximum Gasteiger partial charge on any atom is 0.256 e. The first-order valence-corrected chi connectivity index (χ1v) is 9.23. The second kappa shape index (κ2) is 7.16. The summed E-state index contributed by atoms with van der Waals surface area (Å²) in [5, 5.41) is 3.92. The van der Waals surface area contributed by atoms with Crippen LogP contribution in [0.25, 0.3) is 10.9 Å². The lowest BCUT2D eigenvalue weighted by Gasteiger charge is -2.28. The Morgan fingerprint density at radius 2 is 1.81 bits per heavy atom. The highest BCUT2D eigenvalue weighted by molar-refractivity contribution is 6.13. The number of piperidine rings is 1. The highest BCUT2D eigenvalue weighted by Crippen LogP contribution is 2.26. The molecule has 0 bridgehead atoms. The fraction of sp³-hybridized carbons (Fsp3) is 0.273. The number of rotatable bonds is 3. The Hall–Kier alpha value is -2.88.